The third-order valence-corrected chi connectivity index (χ3v) is 6.88. The maximum atomic E-state index is 12.8. The van der Waals surface area contributed by atoms with E-state index in [0.717, 1.165) is 50.4 Å². The van der Waals surface area contributed by atoms with Crippen molar-refractivity contribution in [1.82, 2.24) is 10.2 Å². The van der Waals surface area contributed by atoms with Crippen LogP contribution in [0.3, 0.4) is 0 Å². The molecular formula is C29H35F3N4. The van der Waals surface area contributed by atoms with Gasteiger partial charge in [-0.15, -0.1) is 0 Å². The molecule has 4 rings (SSSR count). The van der Waals surface area contributed by atoms with Crippen molar-refractivity contribution in [3.05, 3.63) is 95.6 Å². The summed E-state index contributed by atoms with van der Waals surface area (Å²) in [5, 5.41) is 3.57. The van der Waals surface area contributed by atoms with E-state index in [1.807, 2.05) is 20.2 Å². The summed E-state index contributed by atoms with van der Waals surface area (Å²) >= 11 is 0. The van der Waals surface area contributed by atoms with E-state index >= 15 is 0 Å². The number of nitrogens with zero attached hydrogens (tertiary/aromatic N) is 3. The van der Waals surface area contributed by atoms with E-state index in [9.17, 15) is 13.2 Å². The number of hydrogen-bond acceptors (Lipinski definition) is 4. The second-order valence-corrected chi connectivity index (χ2v) is 9.51. The Morgan fingerprint density at radius 1 is 0.833 bits per heavy atom. The predicted octanol–water partition coefficient (Wildman–Crippen LogP) is 5.47. The molecule has 7 heteroatoms. The molecular weight excluding hydrogens is 461 g/mol. The summed E-state index contributed by atoms with van der Waals surface area (Å²) < 4.78 is 38.5. The summed E-state index contributed by atoms with van der Waals surface area (Å²) in [7, 11) is 4.08. The largest absolute Gasteiger partial charge is 0.416 e. The molecule has 1 aliphatic heterocycles. The summed E-state index contributed by atoms with van der Waals surface area (Å²) in [5.41, 5.74) is 4.00. The molecule has 0 amide bonds. The average molecular weight is 497 g/mol. The Kier molecular flexibility index (Phi) is 8.54. The third kappa shape index (κ3) is 6.80. The molecule has 1 fully saturated rings. The molecule has 3 aromatic rings. The lowest BCUT2D eigenvalue weighted by molar-refractivity contribution is -0.137. The number of hydrogen-bond donors (Lipinski definition) is 1. The molecule has 0 bridgehead atoms. The lowest BCUT2D eigenvalue weighted by atomic mass is 10.0. The average Bonchev–Trinajstić information content (AvgIpc) is 2.89. The molecule has 0 aliphatic carbocycles. The quantitative estimate of drug-likeness (QED) is 0.397. The summed E-state index contributed by atoms with van der Waals surface area (Å²) in [6.07, 6.45) is -3.61. The van der Waals surface area contributed by atoms with Gasteiger partial charge < -0.3 is 15.1 Å². The van der Waals surface area contributed by atoms with Crippen LogP contribution in [0.15, 0.2) is 78.9 Å². The second kappa shape index (κ2) is 11.8. The van der Waals surface area contributed by atoms with Crippen LogP contribution in [0, 0.1) is 0 Å². The van der Waals surface area contributed by atoms with E-state index < -0.39 is 11.7 Å². The maximum absolute atomic E-state index is 12.8. The summed E-state index contributed by atoms with van der Waals surface area (Å²) in [6.45, 7) is 5.38. The van der Waals surface area contributed by atoms with Gasteiger partial charge in [0.05, 0.1) is 5.56 Å². The van der Waals surface area contributed by atoms with Crippen LogP contribution < -0.4 is 15.1 Å². The third-order valence-electron chi connectivity index (χ3n) is 6.88. The van der Waals surface area contributed by atoms with Crippen LogP contribution in [0.2, 0.25) is 0 Å². The van der Waals surface area contributed by atoms with Crippen molar-refractivity contribution in [2.75, 3.05) is 63.2 Å². The Morgan fingerprint density at radius 3 is 2.06 bits per heavy atom. The summed E-state index contributed by atoms with van der Waals surface area (Å²) in [6, 6.07) is 25.0. The number of para-hydroxylation sites is 1. The number of rotatable bonds is 9. The van der Waals surface area contributed by atoms with Crippen molar-refractivity contribution < 1.29 is 13.2 Å². The van der Waals surface area contributed by atoms with Crippen LogP contribution in [0.1, 0.15) is 22.7 Å². The van der Waals surface area contributed by atoms with E-state index in [1.54, 1.807) is 12.1 Å². The number of benzene rings is 3. The van der Waals surface area contributed by atoms with E-state index in [4.69, 9.17) is 0 Å². The zero-order valence-electron chi connectivity index (χ0n) is 21.0. The number of halogens is 3. The van der Waals surface area contributed by atoms with Crippen LogP contribution in [-0.4, -0.2) is 58.3 Å². The molecule has 1 saturated heterocycles. The van der Waals surface area contributed by atoms with Gasteiger partial charge in [-0.25, -0.2) is 0 Å². The highest BCUT2D eigenvalue weighted by molar-refractivity contribution is 5.47. The molecule has 36 heavy (non-hydrogen) atoms. The molecule has 1 unspecified atom stereocenters. The molecule has 1 aliphatic rings. The fourth-order valence-corrected chi connectivity index (χ4v) is 4.71. The predicted molar refractivity (Wildman–Crippen MR) is 142 cm³/mol. The van der Waals surface area contributed by atoms with Crippen molar-refractivity contribution in [2.45, 2.75) is 18.6 Å². The normalized spacial score (nSPS) is 15.6. The van der Waals surface area contributed by atoms with Crippen LogP contribution in [0.4, 0.5) is 24.5 Å². The van der Waals surface area contributed by atoms with E-state index in [2.05, 4.69) is 68.5 Å². The van der Waals surface area contributed by atoms with Gasteiger partial charge in [-0.2, -0.15) is 13.2 Å². The van der Waals surface area contributed by atoms with Gasteiger partial charge in [-0.3, -0.25) is 4.90 Å². The van der Waals surface area contributed by atoms with Gasteiger partial charge in [-0.05, 0) is 60.5 Å². The highest BCUT2D eigenvalue weighted by Crippen LogP contribution is 2.29. The number of alkyl halides is 3. The molecule has 0 saturated carbocycles. The Bertz CT molecular complexity index is 1060. The first-order valence-corrected chi connectivity index (χ1v) is 12.5. The number of anilines is 2. The minimum Gasteiger partial charge on any atom is -0.378 e. The van der Waals surface area contributed by atoms with Crippen LogP contribution in [0.25, 0.3) is 0 Å². The van der Waals surface area contributed by atoms with Gasteiger partial charge in [0.1, 0.15) is 0 Å². The van der Waals surface area contributed by atoms with Gasteiger partial charge in [0, 0.05) is 64.2 Å². The Balaban J connectivity index is 1.38. The molecule has 3 aromatic carbocycles. The molecule has 0 aromatic heterocycles. The molecule has 4 nitrogen and oxygen atoms in total. The van der Waals surface area contributed by atoms with Crippen LogP contribution in [0.5, 0.6) is 0 Å². The van der Waals surface area contributed by atoms with Crippen molar-refractivity contribution in [3.63, 3.8) is 0 Å². The molecule has 0 radical (unpaired) electrons. The van der Waals surface area contributed by atoms with E-state index in [0.29, 0.717) is 13.0 Å². The first kappa shape index (κ1) is 26.0. The minimum atomic E-state index is -4.29. The Morgan fingerprint density at radius 2 is 1.47 bits per heavy atom. The van der Waals surface area contributed by atoms with Crippen LogP contribution >= 0.6 is 0 Å². The molecule has 1 N–H and O–H groups in total. The Hall–Kier alpha value is -3.03. The van der Waals surface area contributed by atoms with Gasteiger partial charge >= 0.3 is 6.18 Å². The highest BCUT2D eigenvalue weighted by atomic mass is 19.4. The number of nitrogens with one attached hydrogen (secondary N) is 1. The second-order valence-electron chi connectivity index (χ2n) is 9.51. The number of piperazine rings is 1. The topological polar surface area (TPSA) is 21.8 Å². The van der Waals surface area contributed by atoms with Crippen LogP contribution in [-0.2, 0) is 12.6 Å². The monoisotopic (exact) mass is 496 g/mol. The molecule has 0 spiro atoms. The first-order chi connectivity index (χ1) is 17.3. The lowest BCUT2D eigenvalue weighted by Crippen LogP contribution is -2.49. The van der Waals surface area contributed by atoms with Gasteiger partial charge in [-0.1, -0.05) is 42.5 Å². The molecule has 192 valence electrons. The van der Waals surface area contributed by atoms with Crippen molar-refractivity contribution in [1.29, 1.82) is 0 Å². The lowest BCUT2D eigenvalue weighted by Gasteiger charge is -2.40. The smallest absolute Gasteiger partial charge is 0.378 e. The molecule has 1 heterocycles. The SMILES string of the molecule is CN(C)c1ccc(C(CNCCc2ccc(C(F)(F)F)cc2)N2CCN(c3ccccc3)CC2)cc1. The van der Waals surface area contributed by atoms with Gasteiger partial charge in [0.25, 0.3) is 0 Å². The first-order valence-electron chi connectivity index (χ1n) is 12.5. The molecule has 1 atom stereocenters. The zero-order chi connectivity index (χ0) is 25.5. The van der Waals surface area contributed by atoms with E-state index in [1.165, 1.54) is 16.9 Å². The maximum Gasteiger partial charge on any atom is 0.416 e. The fraction of sp³-hybridized carbons (Fsp3) is 0.379. The zero-order valence-corrected chi connectivity index (χ0v) is 21.0. The summed E-state index contributed by atoms with van der Waals surface area (Å²) in [4.78, 5) is 7.07. The van der Waals surface area contributed by atoms with Crippen molar-refractivity contribution in [2.24, 2.45) is 0 Å². The van der Waals surface area contributed by atoms with Crippen molar-refractivity contribution in [3.8, 4) is 0 Å². The van der Waals surface area contributed by atoms with E-state index in [-0.39, 0.29) is 6.04 Å². The fourth-order valence-electron chi connectivity index (χ4n) is 4.71. The van der Waals surface area contributed by atoms with Gasteiger partial charge in [0.15, 0.2) is 0 Å². The Labute approximate surface area is 212 Å². The van der Waals surface area contributed by atoms with Gasteiger partial charge in [0.2, 0.25) is 0 Å². The highest BCUT2D eigenvalue weighted by Gasteiger charge is 2.30. The minimum absolute atomic E-state index is 0.228. The summed E-state index contributed by atoms with van der Waals surface area (Å²) in [5.74, 6) is 0. The van der Waals surface area contributed by atoms with Crippen molar-refractivity contribution >= 4 is 11.4 Å². The standard InChI is InChI=1S/C29H35F3N4/c1-34(2)26-14-10-24(11-15-26)28(36-20-18-35(19-21-36)27-6-4-3-5-7-27)22-33-17-16-23-8-12-25(13-9-23)29(30,31)32/h3-15,28,33H,16-22H2,1-2H3.